The van der Waals surface area contributed by atoms with Gasteiger partial charge in [-0.3, -0.25) is 0 Å². The second-order valence-corrected chi connectivity index (χ2v) is 3.34. The maximum atomic E-state index is 11.2. The van der Waals surface area contributed by atoms with Crippen molar-refractivity contribution in [2.24, 2.45) is 0 Å². The minimum Gasteiger partial charge on any atom is -0.430 e. The molecule has 0 aromatic heterocycles. The Morgan fingerprint density at radius 2 is 2.06 bits per heavy atom. The molecule has 0 bridgehead atoms. The van der Waals surface area contributed by atoms with Gasteiger partial charge in [-0.05, 0) is 19.1 Å². The molecule has 4 heteroatoms. The first-order chi connectivity index (χ1) is 8.09. The van der Waals surface area contributed by atoms with Gasteiger partial charge < -0.3 is 14.2 Å². The fourth-order valence-electron chi connectivity index (χ4n) is 1.27. The molecular formula is C13H16O4. The Hall–Kier alpha value is -1.81. The first kappa shape index (κ1) is 13.3. The molecule has 0 aliphatic carbocycles. The number of benzene rings is 1. The summed E-state index contributed by atoms with van der Waals surface area (Å²) in [6.45, 7) is 7.00. The van der Waals surface area contributed by atoms with Crippen LogP contribution in [0.5, 0.6) is 5.75 Å². The third-order valence-electron chi connectivity index (χ3n) is 1.91. The number of hydrogen-bond acceptors (Lipinski definition) is 4. The molecule has 4 nitrogen and oxygen atoms in total. The highest BCUT2D eigenvalue weighted by atomic mass is 16.9. The molecule has 92 valence electrons. The van der Waals surface area contributed by atoms with E-state index >= 15 is 0 Å². The van der Waals surface area contributed by atoms with Crippen molar-refractivity contribution in [3.05, 3.63) is 43.0 Å². The van der Waals surface area contributed by atoms with Crippen LogP contribution in [0.25, 0.3) is 0 Å². The quantitative estimate of drug-likeness (QED) is 0.432. The van der Waals surface area contributed by atoms with Gasteiger partial charge in [0.25, 0.3) is 0 Å². The molecule has 0 aliphatic heterocycles. The van der Waals surface area contributed by atoms with Gasteiger partial charge in [0.15, 0.2) is 0 Å². The summed E-state index contributed by atoms with van der Waals surface area (Å²) >= 11 is 0. The zero-order chi connectivity index (χ0) is 12.7. The van der Waals surface area contributed by atoms with Gasteiger partial charge in [-0.1, -0.05) is 24.8 Å². The van der Waals surface area contributed by atoms with E-state index in [0.29, 0.717) is 12.4 Å². The van der Waals surface area contributed by atoms with Gasteiger partial charge in [0, 0.05) is 13.0 Å². The Labute approximate surface area is 101 Å². The molecule has 0 fully saturated rings. The van der Waals surface area contributed by atoms with Crippen molar-refractivity contribution in [3.8, 4) is 5.75 Å². The molecule has 1 unspecified atom stereocenters. The average molecular weight is 236 g/mol. The van der Waals surface area contributed by atoms with Crippen LogP contribution in [-0.2, 0) is 14.3 Å². The van der Waals surface area contributed by atoms with Crippen LogP contribution in [0.15, 0.2) is 43.0 Å². The average Bonchev–Trinajstić information content (AvgIpc) is 2.30. The number of para-hydroxylation sites is 1. The summed E-state index contributed by atoms with van der Waals surface area (Å²) in [6.07, 6.45) is 1.06. The highest BCUT2D eigenvalue weighted by molar-refractivity contribution is 5.81. The topological polar surface area (TPSA) is 44.8 Å². The zero-order valence-electron chi connectivity index (χ0n) is 10.0. The van der Waals surface area contributed by atoms with Gasteiger partial charge >= 0.3 is 11.9 Å². The summed E-state index contributed by atoms with van der Waals surface area (Å²) in [7, 11) is 0. The van der Waals surface area contributed by atoms with Crippen LogP contribution in [-0.4, -0.2) is 18.5 Å². The fourth-order valence-corrected chi connectivity index (χ4v) is 1.27. The first-order valence-corrected chi connectivity index (χ1v) is 5.33. The van der Waals surface area contributed by atoms with Gasteiger partial charge in [-0.2, -0.15) is 0 Å². The Balaban J connectivity index is 2.77. The van der Waals surface area contributed by atoms with Crippen molar-refractivity contribution in [3.63, 3.8) is 0 Å². The minimum absolute atomic E-state index is 0.355. The molecule has 1 aromatic rings. The molecule has 0 spiro atoms. The summed E-state index contributed by atoms with van der Waals surface area (Å²) in [6, 6.07) is 8.99. The second-order valence-electron chi connectivity index (χ2n) is 3.34. The fraction of sp³-hybridized carbons (Fsp3) is 0.308. The molecule has 0 aliphatic rings. The molecule has 0 saturated carbocycles. The molecule has 1 rings (SSSR count). The van der Waals surface area contributed by atoms with E-state index in [2.05, 4.69) is 6.58 Å². The third kappa shape index (κ3) is 4.28. The van der Waals surface area contributed by atoms with Crippen molar-refractivity contribution in [1.29, 1.82) is 0 Å². The Bertz CT molecular complexity index is 374. The van der Waals surface area contributed by atoms with Gasteiger partial charge in [-0.15, -0.1) is 0 Å². The van der Waals surface area contributed by atoms with Crippen molar-refractivity contribution >= 4 is 5.97 Å². The van der Waals surface area contributed by atoms with Crippen LogP contribution in [0.2, 0.25) is 0 Å². The molecule has 0 N–H and O–H groups in total. The van der Waals surface area contributed by atoms with E-state index in [1.165, 1.54) is 6.92 Å². The SMILES string of the molecule is C=CC(=O)OC(C)(OCC)Oc1ccccc1. The molecule has 1 atom stereocenters. The van der Waals surface area contributed by atoms with Crippen molar-refractivity contribution in [2.45, 2.75) is 19.8 Å². The predicted molar refractivity (Wildman–Crippen MR) is 63.4 cm³/mol. The lowest BCUT2D eigenvalue weighted by Gasteiger charge is -2.28. The summed E-state index contributed by atoms with van der Waals surface area (Å²) < 4.78 is 15.8. The number of rotatable bonds is 6. The minimum atomic E-state index is -1.44. The largest absolute Gasteiger partial charge is 0.430 e. The summed E-state index contributed by atoms with van der Waals surface area (Å²) in [4.78, 5) is 11.2. The second kappa shape index (κ2) is 6.06. The van der Waals surface area contributed by atoms with Crippen LogP contribution in [0.1, 0.15) is 13.8 Å². The molecule has 0 amide bonds. The van der Waals surface area contributed by atoms with Crippen molar-refractivity contribution in [2.75, 3.05) is 6.61 Å². The molecule has 1 aromatic carbocycles. The standard InChI is InChI=1S/C13H16O4/c1-4-12(14)17-13(3,15-5-2)16-11-9-7-6-8-10-11/h4,6-10H,1,5H2,2-3H3. The van der Waals surface area contributed by atoms with Gasteiger partial charge in [0.1, 0.15) is 5.75 Å². The van der Waals surface area contributed by atoms with E-state index in [-0.39, 0.29) is 0 Å². The number of carbonyl (C=O) groups is 1. The Kier molecular flexibility index (Phi) is 4.72. The lowest BCUT2D eigenvalue weighted by Crippen LogP contribution is -2.40. The Morgan fingerprint density at radius 1 is 1.41 bits per heavy atom. The summed E-state index contributed by atoms with van der Waals surface area (Å²) in [5, 5.41) is 0. The van der Waals surface area contributed by atoms with E-state index < -0.39 is 11.9 Å². The maximum absolute atomic E-state index is 11.2. The van der Waals surface area contributed by atoms with E-state index in [0.717, 1.165) is 6.08 Å². The van der Waals surface area contributed by atoms with E-state index in [1.54, 1.807) is 19.1 Å². The van der Waals surface area contributed by atoms with Gasteiger partial charge in [0.2, 0.25) is 0 Å². The molecule has 0 saturated heterocycles. The first-order valence-electron chi connectivity index (χ1n) is 5.33. The van der Waals surface area contributed by atoms with E-state index in [4.69, 9.17) is 14.2 Å². The summed E-state index contributed by atoms with van der Waals surface area (Å²) in [5.74, 6) is -1.49. The Morgan fingerprint density at radius 3 is 2.59 bits per heavy atom. The lowest BCUT2D eigenvalue weighted by molar-refractivity contribution is -0.311. The van der Waals surface area contributed by atoms with Crippen molar-refractivity contribution < 1.29 is 19.0 Å². The van der Waals surface area contributed by atoms with Gasteiger partial charge in [0.05, 0.1) is 6.61 Å². The molecule has 0 radical (unpaired) electrons. The maximum Gasteiger partial charge on any atom is 0.370 e. The summed E-state index contributed by atoms with van der Waals surface area (Å²) in [5.41, 5.74) is 0. The molecule has 17 heavy (non-hydrogen) atoms. The van der Waals surface area contributed by atoms with Crippen molar-refractivity contribution in [1.82, 2.24) is 0 Å². The van der Waals surface area contributed by atoms with E-state index in [9.17, 15) is 4.79 Å². The van der Waals surface area contributed by atoms with Crippen LogP contribution in [0, 0.1) is 0 Å². The third-order valence-corrected chi connectivity index (χ3v) is 1.91. The van der Waals surface area contributed by atoms with Gasteiger partial charge in [-0.25, -0.2) is 4.79 Å². The van der Waals surface area contributed by atoms with Crippen LogP contribution in [0.3, 0.4) is 0 Å². The normalized spacial score (nSPS) is 13.5. The number of esters is 1. The number of ether oxygens (including phenoxy) is 3. The zero-order valence-corrected chi connectivity index (χ0v) is 10.0. The van der Waals surface area contributed by atoms with Crippen LogP contribution < -0.4 is 4.74 Å². The predicted octanol–water partition coefficient (Wildman–Crippen LogP) is 2.50. The number of hydrogen-bond donors (Lipinski definition) is 0. The highest BCUT2D eigenvalue weighted by Crippen LogP contribution is 2.20. The number of carbonyl (C=O) groups excluding carboxylic acids is 1. The van der Waals surface area contributed by atoms with Crippen LogP contribution in [0.4, 0.5) is 0 Å². The smallest absolute Gasteiger partial charge is 0.370 e. The monoisotopic (exact) mass is 236 g/mol. The highest BCUT2D eigenvalue weighted by Gasteiger charge is 2.31. The lowest BCUT2D eigenvalue weighted by atomic mass is 10.3. The van der Waals surface area contributed by atoms with Crippen LogP contribution >= 0.6 is 0 Å². The molecule has 0 heterocycles. The molecular weight excluding hydrogens is 220 g/mol. The van der Waals surface area contributed by atoms with E-state index in [1.807, 2.05) is 18.2 Å².